The first-order valence-corrected chi connectivity index (χ1v) is 5.93. The first kappa shape index (κ1) is 12.7. The number of Topliss-reactive ketones (excluding diaryl/α,β-unsaturated/α-hetero) is 1. The number of carbonyl (C=O) groups excluding carboxylic acids is 1. The van der Waals surface area contributed by atoms with Gasteiger partial charge in [-0.25, -0.2) is 0 Å². The molecule has 0 amide bonds. The second-order valence-corrected chi connectivity index (χ2v) is 4.62. The van der Waals surface area contributed by atoms with Crippen molar-refractivity contribution in [1.82, 2.24) is 5.32 Å². The first-order chi connectivity index (χ1) is 7.10. The lowest BCUT2D eigenvalue weighted by Crippen LogP contribution is -2.46. The number of ether oxygens (including phenoxy) is 1. The Kier molecular flexibility index (Phi) is 4.74. The summed E-state index contributed by atoms with van der Waals surface area (Å²) in [5.74, 6) is 0.759. The molecule has 88 valence electrons. The Morgan fingerprint density at radius 1 is 1.53 bits per heavy atom. The number of rotatable bonds is 6. The largest absolute Gasteiger partial charge is 0.367 e. The van der Waals surface area contributed by atoms with Crippen LogP contribution in [0.25, 0.3) is 0 Å². The van der Waals surface area contributed by atoms with E-state index in [1.165, 1.54) is 0 Å². The van der Waals surface area contributed by atoms with E-state index in [4.69, 9.17) is 4.74 Å². The summed E-state index contributed by atoms with van der Waals surface area (Å²) < 4.78 is 5.53. The number of carbonyl (C=O) groups is 1. The molecule has 1 saturated heterocycles. The van der Waals surface area contributed by atoms with Crippen molar-refractivity contribution in [3.63, 3.8) is 0 Å². The van der Waals surface area contributed by atoms with Crippen molar-refractivity contribution >= 4 is 5.78 Å². The van der Waals surface area contributed by atoms with Crippen LogP contribution in [-0.4, -0.2) is 31.6 Å². The third-order valence-electron chi connectivity index (χ3n) is 3.43. The molecular weight excluding hydrogens is 190 g/mol. The summed E-state index contributed by atoms with van der Waals surface area (Å²) in [6.07, 6.45) is 2.14. The van der Waals surface area contributed by atoms with E-state index < -0.39 is 0 Å². The number of nitrogens with one attached hydrogen (secondary N) is 1. The van der Waals surface area contributed by atoms with Crippen molar-refractivity contribution in [3.8, 4) is 0 Å². The van der Waals surface area contributed by atoms with Crippen LogP contribution in [0.5, 0.6) is 0 Å². The van der Waals surface area contributed by atoms with Crippen LogP contribution in [-0.2, 0) is 9.53 Å². The van der Waals surface area contributed by atoms with Gasteiger partial charge in [-0.3, -0.25) is 4.79 Å². The second kappa shape index (κ2) is 5.61. The maximum absolute atomic E-state index is 12.0. The van der Waals surface area contributed by atoms with E-state index in [0.29, 0.717) is 12.0 Å². The molecule has 1 aliphatic heterocycles. The molecule has 0 spiro atoms. The Bertz CT molecular complexity index is 212. The van der Waals surface area contributed by atoms with E-state index >= 15 is 0 Å². The summed E-state index contributed by atoms with van der Waals surface area (Å²) in [7, 11) is 1.92. The lowest BCUT2D eigenvalue weighted by Gasteiger charge is -2.36. The van der Waals surface area contributed by atoms with E-state index in [1.54, 1.807) is 0 Å². The smallest absolute Gasteiger partial charge is 0.164 e. The van der Waals surface area contributed by atoms with Crippen LogP contribution in [0, 0.1) is 11.8 Å². The monoisotopic (exact) mass is 213 g/mol. The molecule has 0 bridgehead atoms. The van der Waals surface area contributed by atoms with Gasteiger partial charge in [0, 0.05) is 12.3 Å². The third-order valence-corrected chi connectivity index (χ3v) is 3.43. The summed E-state index contributed by atoms with van der Waals surface area (Å²) >= 11 is 0. The molecule has 0 aromatic rings. The minimum Gasteiger partial charge on any atom is -0.367 e. The van der Waals surface area contributed by atoms with Crippen LogP contribution in [0.1, 0.15) is 33.6 Å². The molecule has 1 N–H and O–H groups in total. The molecule has 0 aromatic carbocycles. The summed E-state index contributed by atoms with van der Waals surface area (Å²) in [6, 6.07) is 0. The summed E-state index contributed by atoms with van der Waals surface area (Å²) in [5.41, 5.74) is 0. The summed E-state index contributed by atoms with van der Waals surface area (Å²) in [4.78, 5) is 12.0. The highest BCUT2D eigenvalue weighted by Gasteiger charge is 2.37. The fourth-order valence-corrected chi connectivity index (χ4v) is 1.98. The van der Waals surface area contributed by atoms with Gasteiger partial charge in [0.25, 0.3) is 0 Å². The van der Waals surface area contributed by atoms with Crippen LogP contribution in [0.4, 0.5) is 0 Å². The molecule has 1 fully saturated rings. The van der Waals surface area contributed by atoms with Gasteiger partial charge in [0.2, 0.25) is 0 Å². The Morgan fingerprint density at radius 2 is 2.13 bits per heavy atom. The van der Waals surface area contributed by atoms with Crippen molar-refractivity contribution in [2.24, 2.45) is 11.8 Å². The maximum Gasteiger partial charge on any atom is 0.164 e. The highest BCUT2D eigenvalue weighted by Crippen LogP contribution is 2.27. The zero-order valence-corrected chi connectivity index (χ0v) is 10.2. The highest BCUT2D eigenvalue weighted by molar-refractivity contribution is 5.86. The normalized spacial score (nSPS) is 29.3. The average Bonchev–Trinajstić information content (AvgIpc) is 2.15. The van der Waals surface area contributed by atoms with Crippen LogP contribution < -0.4 is 5.32 Å². The van der Waals surface area contributed by atoms with Gasteiger partial charge in [0.1, 0.15) is 6.10 Å². The van der Waals surface area contributed by atoms with E-state index in [-0.39, 0.29) is 17.8 Å². The molecule has 4 unspecified atom stereocenters. The number of hydrogen-bond acceptors (Lipinski definition) is 3. The van der Waals surface area contributed by atoms with Crippen molar-refractivity contribution in [2.45, 2.75) is 45.8 Å². The molecule has 0 saturated carbocycles. The van der Waals surface area contributed by atoms with E-state index in [1.807, 2.05) is 14.0 Å². The minimum atomic E-state index is -0.121. The van der Waals surface area contributed by atoms with Crippen molar-refractivity contribution in [3.05, 3.63) is 0 Å². The molecule has 1 rings (SSSR count). The highest BCUT2D eigenvalue weighted by atomic mass is 16.5. The van der Waals surface area contributed by atoms with Crippen LogP contribution >= 0.6 is 0 Å². The van der Waals surface area contributed by atoms with Gasteiger partial charge in [-0.15, -0.1) is 0 Å². The van der Waals surface area contributed by atoms with Gasteiger partial charge in [-0.2, -0.15) is 0 Å². The standard InChI is InChI=1S/C12H23NO2/c1-5-10-6-11(15-10)12(14)9(3)8(2)7-13-4/h8-11,13H,5-7H2,1-4H3. The molecule has 15 heavy (non-hydrogen) atoms. The lowest BCUT2D eigenvalue weighted by molar-refractivity contribution is -0.165. The predicted octanol–water partition coefficient (Wildman–Crippen LogP) is 1.61. The quantitative estimate of drug-likeness (QED) is 0.728. The lowest BCUT2D eigenvalue weighted by atomic mass is 9.85. The van der Waals surface area contributed by atoms with Crippen molar-refractivity contribution in [1.29, 1.82) is 0 Å². The predicted molar refractivity (Wildman–Crippen MR) is 60.8 cm³/mol. The Morgan fingerprint density at radius 3 is 2.60 bits per heavy atom. The number of hydrogen-bond donors (Lipinski definition) is 1. The zero-order chi connectivity index (χ0) is 11.4. The van der Waals surface area contributed by atoms with Gasteiger partial charge in [0.05, 0.1) is 6.10 Å². The molecule has 0 aromatic heterocycles. The van der Waals surface area contributed by atoms with Gasteiger partial charge in [0.15, 0.2) is 5.78 Å². The Balaban J connectivity index is 2.34. The molecule has 0 radical (unpaired) electrons. The van der Waals surface area contributed by atoms with E-state index in [9.17, 15) is 4.79 Å². The second-order valence-electron chi connectivity index (χ2n) is 4.62. The number of ketones is 1. The van der Waals surface area contributed by atoms with Gasteiger partial charge >= 0.3 is 0 Å². The molecule has 1 heterocycles. The van der Waals surface area contributed by atoms with Crippen LogP contribution in [0.2, 0.25) is 0 Å². The van der Waals surface area contributed by atoms with Gasteiger partial charge < -0.3 is 10.1 Å². The average molecular weight is 213 g/mol. The zero-order valence-electron chi connectivity index (χ0n) is 10.2. The van der Waals surface area contributed by atoms with Gasteiger partial charge in [-0.1, -0.05) is 20.8 Å². The maximum atomic E-state index is 12.0. The molecule has 0 aliphatic carbocycles. The fourth-order valence-electron chi connectivity index (χ4n) is 1.98. The molecule has 3 nitrogen and oxygen atoms in total. The van der Waals surface area contributed by atoms with Crippen LogP contribution in [0.15, 0.2) is 0 Å². The van der Waals surface area contributed by atoms with E-state index in [0.717, 1.165) is 19.4 Å². The molecule has 3 heteroatoms. The molecule has 1 aliphatic rings. The summed E-state index contributed by atoms with van der Waals surface area (Å²) in [5, 5.41) is 3.11. The minimum absolute atomic E-state index is 0.0975. The van der Waals surface area contributed by atoms with E-state index in [2.05, 4.69) is 19.2 Å². The van der Waals surface area contributed by atoms with Gasteiger partial charge in [-0.05, 0) is 25.9 Å². The third kappa shape index (κ3) is 3.02. The molecular formula is C12H23NO2. The first-order valence-electron chi connectivity index (χ1n) is 5.93. The summed E-state index contributed by atoms with van der Waals surface area (Å²) in [6.45, 7) is 7.09. The molecule has 4 atom stereocenters. The Hall–Kier alpha value is -0.410. The van der Waals surface area contributed by atoms with Crippen LogP contribution in [0.3, 0.4) is 0 Å². The SMILES string of the molecule is CCC1CC(C(=O)C(C)C(C)CNC)O1. The topological polar surface area (TPSA) is 38.3 Å². The Labute approximate surface area is 92.6 Å². The van der Waals surface area contributed by atoms with Crippen molar-refractivity contribution < 1.29 is 9.53 Å². The fraction of sp³-hybridized carbons (Fsp3) is 0.917. The van der Waals surface area contributed by atoms with Crippen molar-refractivity contribution in [2.75, 3.05) is 13.6 Å².